The molecule has 0 bridgehead atoms. The van der Waals surface area contributed by atoms with Gasteiger partial charge < -0.3 is 54.9 Å². The topological polar surface area (TPSA) is 310 Å². The summed E-state index contributed by atoms with van der Waals surface area (Å²) in [7, 11) is 0. The van der Waals surface area contributed by atoms with Gasteiger partial charge in [0, 0.05) is 85.5 Å². The van der Waals surface area contributed by atoms with Crippen LogP contribution >= 0.6 is 0 Å². The van der Waals surface area contributed by atoms with Crippen molar-refractivity contribution >= 4 is 90.8 Å². The summed E-state index contributed by atoms with van der Waals surface area (Å²) in [6.07, 6.45) is -18.9. The van der Waals surface area contributed by atoms with Gasteiger partial charge in [0.15, 0.2) is 69.5 Å². The lowest BCUT2D eigenvalue weighted by molar-refractivity contribution is -0.275. The summed E-state index contributed by atoms with van der Waals surface area (Å²) in [5.41, 5.74) is -4.20. The summed E-state index contributed by atoms with van der Waals surface area (Å²) in [5, 5.41) is 58.8. The van der Waals surface area contributed by atoms with Gasteiger partial charge in [0.2, 0.25) is 5.91 Å². The van der Waals surface area contributed by atoms with Crippen molar-refractivity contribution in [1.29, 1.82) is 0 Å². The predicted octanol–water partition coefficient (Wildman–Crippen LogP) is 18.6. The van der Waals surface area contributed by atoms with Crippen molar-refractivity contribution in [2.45, 2.75) is 97.6 Å². The summed E-state index contributed by atoms with van der Waals surface area (Å²) in [4.78, 5) is 90.7. The zero-order valence-corrected chi connectivity index (χ0v) is 61.5. The molecule has 42 heteroatoms. The average Bonchev–Trinajstić information content (AvgIpc) is 1.59. The van der Waals surface area contributed by atoms with Gasteiger partial charge >= 0.3 is 37.4 Å². The van der Waals surface area contributed by atoms with E-state index in [0.29, 0.717) is 35.6 Å². The SMILES string of the molecule is Cc1c(C(C(=O)O)C2CCCC2)c2c(F)c(O)c(F)cc2n1C(=O)c1ccc(OC(F)(F)F)cc1.Cc1c(CC(=O)Nc2c(C)n(C(=O)c3ccc(OC(F)(F)F)cc3)c3cc(F)c(O)c(F)c23)c2c(F)c(O)c(F)cc2n1C(=O)c1ccc(OC(F)(F)F)cc1.Cc1c(CC(=O)O)c2c(F)c(O)c(F)cc2n1C(=O)c1ccc(OC(F)(F)F)cc1. The van der Waals surface area contributed by atoms with E-state index in [1.165, 1.54) is 20.8 Å². The molecule has 0 saturated heterocycles. The number of fused-ring (bicyclic) bond motifs is 4. The molecule has 1 aliphatic carbocycles. The number of hydrogen-bond acceptors (Lipinski definition) is 15. The van der Waals surface area contributed by atoms with E-state index in [2.05, 4.69) is 24.3 Å². The Morgan fingerprint density at radius 2 is 0.653 bits per heavy atom. The first-order chi connectivity index (χ1) is 56.4. The van der Waals surface area contributed by atoms with Gasteiger partial charge in [-0.05, 0) is 160 Å². The molecule has 22 nitrogen and oxygen atoms in total. The zero-order valence-electron chi connectivity index (χ0n) is 61.5. The Morgan fingerprint density at radius 3 is 0.950 bits per heavy atom. The molecule has 1 saturated carbocycles. The molecule has 1 aliphatic rings. The van der Waals surface area contributed by atoms with E-state index in [4.69, 9.17) is 5.11 Å². The number of anilines is 1. The van der Waals surface area contributed by atoms with Crippen molar-refractivity contribution < 1.29 is 171 Å². The highest BCUT2D eigenvalue weighted by Gasteiger charge is 2.41. The number of aliphatic carboxylic acids is 2. The number of amides is 1. The van der Waals surface area contributed by atoms with Crippen LogP contribution in [0.1, 0.15) is 112 Å². The Kier molecular flexibility index (Phi) is 24.0. The molecule has 4 aromatic heterocycles. The number of aromatic hydroxyl groups is 4. The number of carboxylic acid groups (broad SMARTS) is 2. The minimum atomic E-state index is -5.06. The van der Waals surface area contributed by atoms with Gasteiger partial charge in [-0.1, -0.05) is 12.8 Å². The van der Waals surface area contributed by atoms with E-state index in [0.717, 1.165) is 137 Å². The van der Waals surface area contributed by atoms with Crippen molar-refractivity contribution in [2.24, 2.45) is 5.92 Å². The van der Waals surface area contributed by atoms with Gasteiger partial charge in [-0.2, -0.15) is 0 Å². The molecule has 1 atom stereocenters. The molecule has 12 aromatic rings. The molecular weight excluding hydrogens is 1670 g/mol. The fourth-order valence-corrected chi connectivity index (χ4v) is 14.2. The second-order valence-electron chi connectivity index (χ2n) is 26.8. The largest absolute Gasteiger partial charge is 0.573 e. The highest BCUT2D eigenvalue weighted by atomic mass is 19.4. The van der Waals surface area contributed by atoms with Gasteiger partial charge in [-0.25, -0.2) is 35.1 Å². The van der Waals surface area contributed by atoms with E-state index in [-0.39, 0.29) is 84.1 Å². The first-order valence-electron chi connectivity index (χ1n) is 34.6. The van der Waals surface area contributed by atoms with E-state index < -0.39 is 211 Å². The normalized spacial score (nSPS) is 12.9. The zero-order chi connectivity index (χ0) is 89.2. The number of ether oxygens (including phenoxy) is 4. The monoisotopic (exact) mass is 1720 g/mol. The molecule has 1 unspecified atom stereocenters. The van der Waals surface area contributed by atoms with E-state index in [1.807, 2.05) is 0 Å². The molecule has 0 aliphatic heterocycles. The van der Waals surface area contributed by atoms with Gasteiger partial charge in [-0.15, -0.1) is 52.7 Å². The van der Waals surface area contributed by atoms with Crippen LogP contribution in [0.2, 0.25) is 0 Å². The number of carbonyl (C=O) groups excluding carboxylic acids is 5. The lowest BCUT2D eigenvalue weighted by atomic mass is 9.83. The number of nitrogens with zero attached hydrogens (tertiary/aromatic N) is 4. The Hall–Kier alpha value is -14.0. The number of benzene rings is 8. The third-order valence-electron chi connectivity index (χ3n) is 19.3. The van der Waals surface area contributed by atoms with Crippen LogP contribution in [0.15, 0.2) is 121 Å². The number of phenolic OH excluding ortho intramolecular Hbond substituents is 4. The van der Waals surface area contributed by atoms with Gasteiger partial charge in [0.05, 0.1) is 51.9 Å². The van der Waals surface area contributed by atoms with Crippen LogP contribution in [-0.4, -0.2) is 116 Å². The molecule has 7 N–H and O–H groups in total. The molecule has 4 heterocycles. The average molecular weight is 1720 g/mol. The lowest BCUT2D eigenvalue weighted by Gasteiger charge is -2.20. The smallest absolute Gasteiger partial charge is 0.503 e. The second kappa shape index (κ2) is 33.1. The standard InChI is InChI=1S/C36H21F10N3O7.C24H20F5NO5.C19H12F5NO5/c1-14-20(26-23(12-21(37)31(51)28(26)39)48(14)33(53)16-3-7-18(8-4-16)55-35(41,42)43)11-25(50)47-30-15(2)49(24-13-22(38)32(52)29(40)27(24)30)34(54)17-5-9-19(10-6-17)56-36(44,45)46;1-11-17(18(23(33)34)12-4-2-3-5-12)19-16(10-15(25)21(31)20(19)26)30(11)22(32)13-6-8-14(9-7-13)35-24(27,28)29;1-8-11(6-14(26)27)15-13(7-12(20)17(28)16(15)21)25(8)18(29)9-2-4-10(5-3-9)30-19(22,23)24/h3-10,12-13,51-52H,11H2,1-2H3,(H,47,50);6-10,12,18,31H,2-5H2,1H3,(H,33,34);2-5,7,28H,6H2,1H3,(H,26,27). The van der Waals surface area contributed by atoms with E-state index >= 15 is 13.2 Å². The summed E-state index contributed by atoms with van der Waals surface area (Å²) in [6, 6.07) is 17.1. The third kappa shape index (κ3) is 17.9. The second-order valence-corrected chi connectivity index (χ2v) is 26.8. The van der Waals surface area contributed by atoms with E-state index in [1.54, 1.807) is 0 Å². The number of rotatable bonds is 16. The van der Waals surface area contributed by atoms with Crippen molar-refractivity contribution in [3.63, 3.8) is 0 Å². The number of hydrogen-bond donors (Lipinski definition) is 7. The number of carbonyl (C=O) groups is 7. The van der Waals surface area contributed by atoms with Gasteiger partial charge in [0.25, 0.3) is 23.6 Å². The fraction of sp³-hybridized carbons (Fsp3) is 0.203. The predicted molar refractivity (Wildman–Crippen MR) is 380 cm³/mol. The minimum absolute atomic E-state index is 0.0306. The maximum Gasteiger partial charge on any atom is 0.573 e. The molecule has 8 aromatic carbocycles. The summed E-state index contributed by atoms with van der Waals surface area (Å²) < 4.78 is 287. The van der Waals surface area contributed by atoms with Crippen LogP contribution < -0.4 is 24.3 Å². The number of halogens is 20. The van der Waals surface area contributed by atoms with Crippen molar-refractivity contribution in [1.82, 2.24) is 18.3 Å². The minimum Gasteiger partial charge on any atom is -0.503 e. The molecular formula is C79H53F20N5O17. The van der Waals surface area contributed by atoms with Crippen molar-refractivity contribution in [3.05, 3.63) is 230 Å². The Bertz CT molecular complexity index is 6020. The number of nitrogens with one attached hydrogen (secondary N) is 1. The van der Waals surface area contributed by atoms with Crippen LogP contribution in [-0.2, 0) is 27.2 Å². The summed E-state index contributed by atoms with van der Waals surface area (Å²) >= 11 is 0. The van der Waals surface area contributed by atoms with Crippen LogP contribution in [0.5, 0.6) is 46.0 Å². The third-order valence-corrected chi connectivity index (χ3v) is 19.3. The number of aromatic nitrogens is 4. The van der Waals surface area contributed by atoms with Gasteiger partial charge in [0.1, 0.15) is 23.0 Å². The molecule has 121 heavy (non-hydrogen) atoms. The Balaban J connectivity index is 0.000000189. The highest BCUT2D eigenvalue weighted by molar-refractivity contribution is 6.13. The molecule has 1 fully saturated rings. The van der Waals surface area contributed by atoms with Crippen molar-refractivity contribution in [2.75, 3.05) is 5.32 Å². The van der Waals surface area contributed by atoms with Crippen LogP contribution in [0.4, 0.5) is 93.5 Å². The first kappa shape index (κ1) is 87.8. The van der Waals surface area contributed by atoms with Crippen LogP contribution in [0.25, 0.3) is 43.6 Å². The van der Waals surface area contributed by atoms with E-state index in [9.17, 15) is 134 Å². The van der Waals surface area contributed by atoms with Crippen molar-refractivity contribution in [3.8, 4) is 46.0 Å². The summed E-state index contributed by atoms with van der Waals surface area (Å²) in [6.45, 7) is 5.03. The maximum atomic E-state index is 15.5. The Morgan fingerprint density at radius 1 is 0.388 bits per heavy atom. The highest BCUT2D eigenvalue weighted by Crippen LogP contribution is 2.47. The quantitative estimate of drug-likeness (QED) is 0.0442. The van der Waals surface area contributed by atoms with Gasteiger partial charge in [-0.3, -0.25) is 51.8 Å². The molecule has 636 valence electrons. The molecule has 0 radical (unpaired) electrons. The summed E-state index contributed by atoms with van der Waals surface area (Å²) in [5.74, 6) is -29.2. The Labute approximate surface area is 662 Å². The van der Waals surface area contributed by atoms with Crippen LogP contribution in [0, 0.1) is 80.2 Å². The fourth-order valence-electron chi connectivity index (χ4n) is 14.2. The lowest BCUT2D eigenvalue weighted by Crippen LogP contribution is -2.21. The maximum absolute atomic E-state index is 15.5. The molecule has 13 rings (SSSR count). The molecule has 1 amide bonds. The van der Waals surface area contributed by atoms with Crippen LogP contribution in [0.3, 0.4) is 0 Å². The first-order valence-corrected chi connectivity index (χ1v) is 34.6. The number of alkyl halides is 12. The molecule has 0 spiro atoms. The number of phenols is 4. The number of carboxylic acids is 2.